The predicted octanol–water partition coefficient (Wildman–Crippen LogP) is 8.04. The Morgan fingerprint density at radius 1 is 0.818 bits per heavy atom. The molecule has 0 N–H and O–H groups in total. The Balaban J connectivity index is 1.87. The van der Waals surface area contributed by atoms with Crippen LogP contribution in [0, 0.1) is 0 Å². The molecule has 0 heterocycles. The molecule has 0 fully saturated rings. The second-order valence-electron chi connectivity index (χ2n) is 7.11. The number of carbonyl (C=O) groups excluding carboxylic acids is 2. The number of hydrogen-bond acceptors (Lipinski definition) is 4. The van der Waals surface area contributed by atoms with Gasteiger partial charge in [0.1, 0.15) is 0 Å². The van der Waals surface area contributed by atoms with Gasteiger partial charge < -0.3 is 0 Å². The molecule has 0 aliphatic heterocycles. The summed E-state index contributed by atoms with van der Waals surface area (Å²) in [6, 6.07) is 18.5. The minimum absolute atomic E-state index is 0.140. The molecule has 0 aliphatic rings. The fourth-order valence-corrected chi connectivity index (χ4v) is 4.32. The minimum atomic E-state index is -4.60. The molecule has 7 heteroatoms. The fraction of sp³-hybridized carbons (Fsp3) is 0.0769. The molecule has 3 aromatic rings. The Kier molecular flexibility index (Phi) is 7.66. The van der Waals surface area contributed by atoms with E-state index in [1.165, 1.54) is 19.1 Å². The number of thioether (sulfide) groups is 2. The van der Waals surface area contributed by atoms with Crippen LogP contribution in [-0.2, 0) is 15.8 Å². The molecular weight excluding hydrogens is 465 g/mol. The Morgan fingerprint density at radius 3 is 1.79 bits per heavy atom. The minimum Gasteiger partial charge on any atom is -0.282 e. The molecule has 0 amide bonds. The summed E-state index contributed by atoms with van der Waals surface area (Å²) in [5.41, 5.74) is 2.16. The summed E-state index contributed by atoms with van der Waals surface area (Å²) in [4.78, 5) is 24.0. The molecule has 0 bridgehead atoms. The summed E-state index contributed by atoms with van der Waals surface area (Å²) in [6.45, 7) is 8.40. The maximum absolute atomic E-state index is 13.6. The third-order valence-electron chi connectivity index (χ3n) is 4.63. The van der Waals surface area contributed by atoms with E-state index in [1.807, 2.05) is 36.4 Å². The lowest BCUT2D eigenvalue weighted by atomic mass is 9.99. The zero-order chi connectivity index (χ0) is 24.2. The number of rotatable bonds is 6. The molecule has 2 nitrogen and oxygen atoms in total. The van der Waals surface area contributed by atoms with E-state index in [2.05, 4.69) is 13.2 Å². The Labute approximate surface area is 198 Å². The van der Waals surface area contributed by atoms with Crippen molar-refractivity contribution < 1.29 is 22.8 Å². The van der Waals surface area contributed by atoms with Crippen LogP contribution in [0.3, 0.4) is 0 Å². The Hall–Kier alpha value is -3.03. The van der Waals surface area contributed by atoms with E-state index in [4.69, 9.17) is 0 Å². The van der Waals surface area contributed by atoms with Crippen LogP contribution >= 0.6 is 23.5 Å². The summed E-state index contributed by atoms with van der Waals surface area (Å²) in [5.74, 6) is 0. The molecule has 0 saturated carbocycles. The summed E-state index contributed by atoms with van der Waals surface area (Å²) in [7, 11) is 0. The molecule has 0 spiro atoms. The highest BCUT2D eigenvalue weighted by atomic mass is 32.2. The van der Waals surface area contributed by atoms with Gasteiger partial charge in [-0.2, -0.15) is 13.2 Å². The average molecular weight is 485 g/mol. The summed E-state index contributed by atoms with van der Waals surface area (Å²) in [5, 5.41) is -0.644. The van der Waals surface area contributed by atoms with Gasteiger partial charge in [-0.1, -0.05) is 55.6 Å². The van der Waals surface area contributed by atoms with E-state index in [9.17, 15) is 22.8 Å². The van der Waals surface area contributed by atoms with Crippen LogP contribution < -0.4 is 0 Å². The quantitative estimate of drug-likeness (QED) is 0.262. The SMILES string of the molecule is C=CC(=O)Sc1ccc(-c2ccc(-c3ccc(SC(=O)C(=C)C)c(C(F)(F)F)c3)cc2)cc1. The van der Waals surface area contributed by atoms with Gasteiger partial charge in [-0.25, -0.2) is 0 Å². The average Bonchev–Trinajstić information content (AvgIpc) is 2.79. The predicted molar refractivity (Wildman–Crippen MR) is 129 cm³/mol. The number of hydrogen-bond donors (Lipinski definition) is 0. The molecule has 3 rings (SSSR count). The van der Waals surface area contributed by atoms with Crippen LogP contribution in [0.5, 0.6) is 0 Å². The van der Waals surface area contributed by atoms with Gasteiger partial charge >= 0.3 is 6.18 Å². The Bertz CT molecular complexity index is 1210. The van der Waals surface area contributed by atoms with E-state index in [0.717, 1.165) is 33.9 Å². The van der Waals surface area contributed by atoms with Crippen molar-refractivity contribution in [3.63, 3.8) is 0 Å². The van der Waals surface area contributed by atoms with E-state index in [0.29, 0.717) is 22.9 Å². The lowest BCUT2D eigenvalue weighted by Gasteiger charge is -2.14. The number of halogens is 3. The van der Waals surface area contributed by atoms with Crippen LogP contribution in [0.4, 0.5) is 13.2 Å². The molecular formula is C26H19F3O2S2. The first kappa shape index (κ1) is 24.6. The summed E-state index contributed by atoms with van der Waals surface area (Å²) < 4.78 is 40.9. The van der Waals surface area contributed by atoms with Crippen LogP contribution in [-0.4, -0.2) is 10.2 Å². The van der Waals surface area contributed by atoms with Crippen molar-refractivity contribution in [2.24, 2.45) is 0 Å². The van der Waals surface area contributed by atoms with E-state index < -0.39 is 16.9 Å². The van der Waals surface area contributed by atoms with Crippen molar-refractivity contribution in [2.75, 3.05) is 0 Å². The van der Waals surface area contributed by atoms with Crippen LogP contribution in [0.15, 0.2) is 101 Å². The van der Waals surface area contributed by atoms with Crippen molar-refractivity contribution in [2.45, 2.75) is 22.9 Å². The molecule has 3 aromatic carbocycles. The summed E-state index contributed by atoms with van der Waals surface area (Å²) in [6.07, 6.45) is -3.34. The standard InChI is InChI=1S/C26H19F3O2S2/c1-4-24(30)32-21-12-9-18(10-13-21)17-5-7-19(8-6-17)20-11-14-23(33-25(31)16(2)3)22(15-20)26(27,28)29/h4-15H,1-2H2,3H3. The molecule has 0 unspecified atom stereocenters. The maximum atomic E-state index is 13.6. The number of benzene rings is 3. The van der Waals surface area contributed by atoms with Gasteiger partial charge in [-0.3, -0.25) is 9.59 Å². The van der Waals surface area contributed by atoms with Crippen molar-refractivity contribution in [1.82, 2.24) is 0 Å². The molecule has 33 heavy (non-hydrogen) atoms. The maximum Gasteiger partial charge on any atom is 0.417 e. The number of carbonyl (C=O) groups is 2. The molecule has 168 valence electrons. The van der Waals surface area contributed by atoms with Gasteiger partial charge in [0.15, 0.2) is 0 Å². The van der Waals surface area contributed by atoms with Crippen molar-refractivity contribution in [3.05, 3.63) is 97.1 Å². The highest BCUT2D eigenvalue weighted by Gasteiger charge is 2.34. The number of alkyl halides is 3. The van der Waals surface area contributed by atoms with Crippen LogP contribution in [0.25, 0.3) is 22.3 Å². The zero-order valence-corrected chi connectivity index (χ0v) is 19.2. The summed E-state index contributed by atoms with van der Waals surface area (Å²) >= 11 is 1.61. The third kappa shape index (κ3) is 6.27. The van der Waals surface area contributed by atoms with Crippen LogP contribution in [0.1, 0.15) is 12.5 Å². The second kappa shape index (κ2) is 10.3. The topological polar surface area (TPSA) is 34.1 Å². The van der Waals surface area contributed by atoms with Gasteiger partial charge in [0.25, 0.3) is 0 Å². The van der Waals surface area contributed by atoms with Gasteiger partial charge in [0.2, 0.25) is 10.2 Å². The highest BCUT2D eigenvalue weighted by molar-refractivity contribution is 8.14. The smallest absolute Gasteiger partial charge is 0.282 e. The second-order valence-corrected chi connectivity index (χ2v) is 9.20. The lowest BCUT2D eigenvalue weighted by molar-refractivity contribution is -0.139. The molecule has 0 aromatic heterocycles. The zero-order valence-electron chi connectivity index (χ0n) is 17.6. The molecule has 0 saturated heterocycles. The van der Waals surface area contributed by atoms with Crippen LogP contribution in [0.2, 0.25) is 0 Å². The van der Waals surface area contributed by atoms with Crippen molar-refractivity contribution in [3.8, 4) is 22.3 Å². The van der Waals surface area contributed by atoms with E-state index in [-0.39, 0.29) is 15.6 Å². The van der Waals surface area contributed by atoms with Crippen molar-refractivity contribution in [1.29, 1.82) is 0 Å². The first-order valence-electron chi connectivity index (χ1n) is 9.72. The van der Waals surface area contributed by atoms with Gasteiger partial charge in [0.05, 0.1) is 5.56 Å². The fourth-order valence-electron chi connectivity index (χ4n) is 2.94. The first-order valence-corrected chi connectivity index (χ1v) is 11.4. The monoisotopic (exact) mass is 484 g/mol. The van der Waals surface area contributed by atoms with Gasteiger partial charge in [-0.05, 0) is 88.6 Å². The van der Waals surface area contributed by atoms with Gasteiger partial charge in [0, 0.05) is 9.79 Å². The largest absolute Gasteiger partial charge is 0.417 e. The van der Waals surface area contributed by atoms with E-state index >= 15 is 0 Å². The first-order chi connectivity index (χ1) is 15.6. The normalized spacial score (nSPS) is 11.2. The molecule has 0 atom stereocenters. The van der Waals surface area contributed by atoms with E-state index in [1.54, 1.807) is 18.2 Å². The molecule has 0 radical (unpaired) electrons. The Morgan fingerprint density at radius 2 is 1.30 bits per heavy atom. The molecule has 0 aliphatic carbocycles. The van der Waals surface area contributed by atoms with Gasteiger partial charge in [-0.15, -0.1) is 0 Å². The lowest BCUT2D eigenvalue weighted by Crippen LogP contribution is -2.08. The highest BCUT2D eigenvalue weighted by Crippen LogP contribution is 2.40. The third-order valence-corrected chi connectivity index (χ3v) is 6.61. The van der Waals surface area contributed by atoms with Crippen molar-refractivity contribution >= 4 is 33.8 Å².